The zero-order chi connectivity index (χ0) is 27.5. The summed E-state index contributed by atoms with van der Waals surface area (Å²) in [6.45, 7) is 2.36. The van der Waals surface area contributed by atoms with Crippen molar-refractivity contribution in [2.75, 3.05) is 36.5 Å². The Morgan fingerprint density at radius 3 is 2.52 bits per heavy atom. The van der Waals surface area contributed by atoms with Crippen LogP contribution in [0.5, 0.6) is 0 Å². The average Bonchev–Trinajstić information content (AvgIpc) is 3.13. The topological polar surface area (TPSA) is 136 Å². The van der Waals surface area contributed by atoms with Gasteiger partial charge in [0, 0.05) is 29.6 Å². The number of benzene rings is 3. The number of rotatable bonds is 4. The van der Waals surface area contributed by atoms with E-state index in [0.29, 0.717) is 49.1 Å². The summed E-state index contributed by atoms with van der Waals surface area (Å²) in [6.07, 6.45) is -1.16. The lowest BCUT2D eigenvalue weighted by Gasteiger charge is -2.29. The zero-order valence-corrected chi connectivity index (χ0v) is 21.6. The van der Waals surface area contributed by atoms with E-state index in [2.05, 4.69) is 15.6 Å². The summed E-state index contributed by atoms with van der Waals surface area (Å²) < 4.78 is 11.1. The number of morpholine rings is 1. The third kappa shape index (κ3) is 5.12. The van der Waals surface area contributed by atoms with Gasteiger partial charge in [0.25, 0.3) is 11.9 Å². The SMILES string of the molecule is N=C(NC1N=C(c2ccccc2)c2ccccc2NC1=O)OC(=N)c1cc2ccccc2nc1N1CCOCC1. The number of hydrogen-bond donors (Lipinski definition) is 4. The van der Waals surface area contributed by atoms with E-state index in [9.17, 15) is 4.79 Å². The molecule has 0 spiro atoms. The largest absolute Gasteiger partial charge is 0.407 e. The van der Waals surface area contributed by atoms with Crippen molar-refractivity contribution in [3.8, 4) is 0 Å². The number of para-hydroxylation sites is 2. The molecule has 1 unspecified atom stereocenters. The van der Waals surface area contributed by atoms with Gasteiger partial charge < -0.3 is 25.0 Å². The van der Waals surface area contributed by atoms with Crippen molar-refractivity contribution in [3.05, 3.63) is 102 Å². The highest BCUT2D eigenvalue weighted by Crippen LogP contribution is 2.26. The van der Waals surface area contributed by atoms with Gasteiger partial charge in [0.05, 0.1) is 35.7 Å². The first-order valence-corrected chi connectivity index (χ1v) is 12.9. The van der Waals surface area contributed by atoms with Gasteiger partial charge in [0.15, 0.2) is 0 Å². The van der Waals surface area contributed by atoms with E-state index < -0.39 is 18.1 Å². The Morgan fingerprint density at radius 1 is 0.975 bits per heavy atom. The molecule has 1 atom stereocenters. The molecule has 6 rings (SSSR count). The van der Waals surface area contributed by atoms with Crippen LogP contribution in [0, 0.1) is 10.8 Å². The van der Waals surface area contributed by atoms with Crippen LogP contribution in [-0.4, -0.2) is 61.0 Å². The second kappa shape index (κ2) is 11.0. The molecule has 0 bridgehead atoms. The number of benzodiazepines with no additional fused rings is 1. The molecule has 1 aromatic heterocycles. The van der Waals surface area contributed by atoms with E-state index >= 15 is 0 Å². The van der Waals surface area contributed by atoms with Gasteiger partial charge >= 0.3 is 0 Å². The smallest absolute Gasteiger partial charge is 0.290 e. The third-order valence-electron chi connectivity index (χ3n) is 6.72. The van der Waals surface area contributed by atoms with E-state index in [4.69, 9.17) is 25.3 Å². The standard InChI is InChI=1S/C30H27N7O3/c31-26(22-18-20-10-4-6-12-23(20)33-28(22)37-14-16-39-17-15-37)40-30(32)36-27-29(38)34-24-13-7-5-11-21(24)25(35-27)19-8-2-1-3-9-19/h1-13,18,27,31H,14-17H2,(H2,32,36)(H,34,38). The molecule has 0 aliphatic carbocycles. The molecule has 2 aliphatic heterocycles. The second-order valence-electron chi connectivity index (χ2n) is 9.34. The fraction of sp³-hybridized carbons (Fsp3) is 0.167. The Kier molecular flexibility index (Phi) is 6.90. The molecule has 4 N–H and O–H groups in total. The summed E-state index contributed by atoms with van der Waals surface area (Å²) in [5.41, 5.74) is 4.06. The predicted octanol–water partition coefficient (Wildman–Crippen LogP) is 3.75. The van der Waals surface area contributed by atoms with Gasteiger partial charge in [-0.05, 0) is 18.2 Å². The minimum absolute atomic E-state index is 0.262. The number of amides is 1. The number of carbonyl (C=O) groups excluding carboxylic acids is 1. The van der Waals surface area contributed by atoms with Crippen LogP contribution >= 0.6 is 0 Å². The van der Waals surface area contributed by atoms with Crippen molar-refractivity contribution >= 4 is 45.9 Å². The fourth-order valence-electron chi connectivity index (χ4n) is 4.78. The molecule has 0 saturated carbocycles. The number of carbonyl (C=O) groups is 1. The first-order valence-electron chi connectivity index (χ1n) is 12.9. The van der Waals surface area contributed by atoms with Crippen molar-refractivity contribution in [2.24, 2.45) is 4.99 Å². The average molecular weight is 534 g/mol. The summed E-state index contributed by atoms with van der Waals surface area (Å²) in [7, 11) is 0. The monoisotopic (exact) mass is 533 g/mol. The Morgan fingerprint density at radius 2 is 1.70 bits per heavy atom. The molecule has 40 heavy (non-hydrogen) atoms. The summed E-state index contributed by atoms with van der Waals surface area (Å²) in [5, 5.41) is 23.7. The summed E-state index contributed by atoms with van der Waals surface area (Å²) in [4.78, 5) is 24.7. The number of nitrogens with one attached hydrogen (secondary N) is 4. The lowest BCUT2D eigenvalue weighted by Crippen LogP contribution is -2.43. The van der Waals surface area contributed by atoms with Crippen LogP contribution in [0.4, 0.5) is 11.5 Å². The van der Waals surface area contributed by atoms with Crippen LogP contribution < -0.4 is 15.5 Å². The molecule has 3 aromatic carbocycles. The number of hydrogen-bond acceptors (Lipinski definition) is 8. The maximum Gasteiger partial charge on any atom is 0.290 e. The molecule has 3 heterocycles. The highest BCUT2D eigenvalue weighted by molar-refractivity contribution is 6.20. The van der Waals surface area contributed by atoms with Gasteiger partial charge in [-0.2, -0.15) is 0 Å². The van der Waals surface area contributed by atoms with Gasteiger partial charge in [-0.25, -0.2) is 9.98 Å². The van der Waals surface area contributed by atoms with E-state index in [0.717, 1.165) is 22.0 Å². The molecule has 1 fully saturated rings. The lowest BCUT2D eigenvalue weighted by molar-refractivity contribution is -0.117. The Bertz CT molecular complexity index is 1630. The summed E-state index contributed by atoms with van der Waals surface area (Å²) >= 11 is 0. The Hall–Kier alpha value is -5.09. The number of amidine groups is 1. The van der Waals surface area contributed by atoms with Crippen LogP contribution in [0.2, 0.25) is 0 Å². The molecule has 0 radical (unpaired) electrons. The predicted molar refractivity (Wildman–Crippen MR) is 154 cm³/mol. The van der Waals surface area contributed by atoms with Crippen LogP contribution in [0.1, 0.15) is 16.7 Å². The van der Waals surface area contributed by atoms with Crippen LogP contribution in [0.25, 0.3) is 10.9 Å². The summed E-state index contributed by atoms with van der Waals surface area (Å²) in [6, 6.07) is 26.0. The third-order valence-corrected chi connectivity index (χ3v) is 6.72. The highest BCUT2D eigenvalue weighted by Gasteiger charge is 2.28. The number of aliphatic imine (C=N–C) groups is 1. The first-order chi connectivity index (χ1) is 19.6. The molecule has 10 nitrogen and oxygen atoms in total. The van der Waals surface area contributed by atoms with E-state index in [-0.39, 0.29) is 5.90 Å². The fourth-order valence-corrected chi connectivity index (χ4v) is 4.78. The number of aromatic nitrogens is 1. The second-order valence-corrected chi connectivity index (χ2v) is 9.34. The van der Waals surface area contributed by atoms with Gasteiger partial charge in [-0.15, -0.1) is 0 Å². The van der Waals surface area contributed by atoms with E-state index in [1.165, 1.54) is 0 Å². The Balaban J connectivity index is 1.27. The molecule has 10 heteroatoms. The first kappa shape index (κ1) is 25.2. The number of pyridine rings is 1. The molecule has 200 valence electrons. The van der Waals surface area contributed by atoms with Crippen molar-refractivity contribution in [1.82, 2.24) is 10.3 Å². The van der Waals surface area contributed by atoms with Gasteiger partial charge in [-0.3, -0.25) is 15.6 Å². The minimum Gasteiger partial charge on any atom is -0.407 e. The molecule has 1 amide bonds. The maximum atomic E-state index is 13.1. The van der Waals surface area contributed by atoms with Crippen molar-refractivity contribution in [2.45, 2.75) is 6.17 Å². The van der Waals surface area contributed by atoms with Gasteiger partial charge in [0.2, 0.25) is 12.1 Å². The van der Waals surface area contributed by atoms with Crippen molar-refractivity contribution in [3.63, 3.8) is 0 Å². The van der Waals surface area contributed by atoms with Gasteiger partial charge in [0.1, 0.15) is 5.82 Å². The zero-order valence-electron chi connectivity index (χ0n) is 21.6. The Labute approximate surface area is 230 Å². The number of anilines is 2. The maximum absolute atomic E-state index is 13.1. The lowest BCUT2D eigenvalue weighted by atomic mass is 10.0. The van der Waals surface area contributed by atoms with Crippen LogP contribution in [-0.2, 0) is 14.3 Å². The number of fused-ring (bicyclic) bond motifs is 2. The van der Waals surface area contributed by atoms with Crippen LogP contribution in [0.15, 0.2) is 89.9 Å². The molecule has 4 aromatic rings. The van der Waals surface area contributed by atoms with Crippen molar-refractivity contribution < 1.29 is 14.3 Å². The molecular formula is C30H27N7O3. The van der Waals surface area contributed by atoms with E-state index in [1.54, 1.807) is 0 Å². The molecule has 1 saturated heterocycles. The minimum atomic E-state index is -1.16. The molecule has 2 aliphatic rings. The highest BCUT2D eigenvalue weighted by atomic mass is 16.5. The quantitative estimate of drug-likeness (QED) is 0.233. The van der Waals surface area contributed by atoms with E-state index in [1.807, 2.05) is 89.8 Å². The van der Waals surface area contributed by atoms with Crippen LogP contribution in [0.3, 0.4) is 0 Å². The van der Waals surface area contributed by atoms with Crippen molar-refractivity contribution in [1.29, 1.82) is 10.8 Å². The molecular weight excluding hydrogens is 506 g/mol. The van der Waals surface area contributed by atoms with Gasteiger partial charge in [-0.1, -0.05) is 66.7 Å². The number of ether oxygens (including phenoxy) is 2. The summed E-state index contributed by atoms with van der Waals surface area (Å²) in [5.74, 6) is -0.117. The normalized spacial score (nSPS) is 16.8. The number of nitrogens with zero attached hydrogens (tertiary/aromatic N) is 3.